The predicted octanol–water partition coefficient (Wildman–Crippen LogP) is 2.59. The second-order valence-corrected chi connectivity index (χ2v) is 4.52. The summed E-state index contributed by atoms with van der Waals surface area (Å²) in [6.45, 7) is 8.73. The molecule has 1 atom stereocenters. The molecular weight excluding hydrogens is 174 g/mol. The molecule has 1 aromatic rings. The zero-order valence-corrected chi connectivity index (χ0v) is 9.23. The number of imidazole rings is 1. The van der Waals surface area contributed by atoms with Crippen LogP contribution >= 0.6 is 0 Å². The fraction of sp³-hybridized carbons (Fsp3) is 0.636. The molecule has 0 saturated heterocycles. The zero-order chi connectivity index (χ0) is 10.3. The third-order valence-corrected chi connectivity index (χ3v) is 2.68. The van der Waals surface area contributed by atoms with Crippen molar-refractivity contribution in [1.29, 1.82) is 0 Å². The Kier molecular flexibility index (Phi) is 2.17. The topological polar surface area (TPSA) is 30.2 Å². The van der Waals surface area contributed by atoms with E-state index in [0.717, 1.165) is 5.82 Å². The van der Waals surface area contributed by atoms with E-state index in [9.17, 15) is 0 Å². The maximum absolute atomic E-state index is 4.48. The molecule has 1 aromatic heterocycles. The van der Waals surface area contributed by atoms with Gasteiger partial charge in [0, 0.05) is 11.9 Å². The van der Waals surface area contributed by atoms with E-state index in [0.29, 0.717) is 11.8 Å². The highest BCUT2D eigenvalue weighted by Gasteiger charge is 2.26. The summed E-state index contributed by atoms with van der Waals surface area (Å²) in [7, 11) is 0. The molecule has 0 aromatic carbocycles. The van der Waals surface area contributed by atoms with Gasteiger partial charge in [0.25, 0.3) is 0 Å². The van der Waals surface area contributed by atoms with Gasteiger partial charge in [-0.1, -0.05) is 27.7 Å². The highest BCUT2D eigenvalue weighted by atomic mass is 15.2. The lowest BCUT2D eigenvalue weighted by Crippen LogP contribution is -2.06. The van der Waals surface area contributed by atoms with Crippen LogP contribution in [0.3, 0.4) is 0 Å². The van der Waals surface area contributed by atoms with Gasteiger partial charge in [-0.2, -0.15) is 0 Å². The molecule has 3 heteroatoms. The minimum Gasteiger partial charge on any atom is -0.289 e. The van der Waals surface area contributed by atoms with E-state index in [-0.39, 0.29) is 6.04 Å². The van der Waals surface area contributed by atoms with Crippen molar-refractivity contribution in [2.45, 2.75) is 39.7 Å². The summed E-state index contributed by atoms with van der Waals surface area (Å²) in [6.07, 6.45) is 3.89. The number of aliphatic imine (C=N–C) groups is 1. The quantitative estimate of drug-likeness (QED) is 0.706. The average Bonchev–Trinajstić information content (AvgIpc) is 2.59. The van der Waals surface area contributed by atoms with Crippen LogP contribution < -0.4 is 0 Å². The zero-order valence-electron chi connectivity index (χ0n) is 9.23. The van der Waals surface area contributed by atoms with Crippen LogP contribution in [-0.2, 0) is 0 Å². The highest BCUT2D eigenvalue weighted by molar-refractivity contribution is 5.64. The summed E-state index contributed by atoms with van der Waals surface area (Å²) in [6, 6.07) is 0.252. The summed E-state index contributed by atoms with van der Waals surface area (Å²) in [5.41, 5.74) is 1.26. The van der Waals surface area contributed by atoms with Gasteiger partial charge in [0.1, 0.15) is 11.9 Å². The van der Waals surface area contributed by atoms with Crippen LogP contribution in [-0.4, -0.2) is 15.9 Å². The van der Waals surface area contributed by atoms with Crippen molar-refractivity contribution in [2.24, 2.45) is 10.9 Å². The Morgan fingerprint density at radius 2 is 2.00 bits per heavy atom. The summed E-state index contributed by atoms with van der Waals surface area (Å²) >= 11 is 0. The van der Waals surface area contributed by atoms with Crippen LogP contribution in [0.4, 0.5) is 0 Å². The van der Waals surface area contributed by atoms with Gasteiger partial charge in [-0.25, -0.2) is 4.98 Å². The molecule has 14 heavy (non-hydrogen) atoms. The molecule has 76 valence electrons. The van der Waals surface area contributed by atoms with Gasteiger partial charge in [0.2, 0.25) is 0 Å². The molecule has 0 saturated carbocycles. The van der Waals surface area contributed by atoms with Crippen LogP contribution in [0.25, 0.3) is 0 Å². The maximum atomic E-state index is 4.48. The third-order valence-electron chi connectivity index (χ3n) is 2.68. The Bertz CT molecular complexity index is 361. The van der Waals surface area contributed by atoms with E-state index in [2.05, 4.69) is 42.2 Å². The fourth-order valence-electron chi connectivity index (χ4n) is 1.84. The first kappa shape index (κ1) is 9.44. The molecule has 0 amide bonds. The third kappa shape index (κ3) is 1.27. The fourth-order valence-corrected chi connectivity index (χ4v) is 1.84. The molecule has 0 spiro atoms. The van der Waals surface area contributed by atoms with Crippen molar-refractivity contribution in [1.82, 2.24) is 9.55 Å². The molecule has 0 bridgehead atoms. The first-order valence-electron chi connectivity index (χ1n) is 5.21. The maximum Gasteiger partial charge on any atom is 0.139 e. The number of hydrogen-bond donors (Lipinski definition) is 0. The molecule has 0 N–H and O–H groups in total. The van der Waals surface area contributed by atoms with Gasteiger partial charge in [-0.15, -0.1) is 0 Å². The van der Waals surface area contributed by atoms with Crippen LogP contribution in [0, 0.1) is 5.92 Å². The molecule has 2 rings (SSSR count). The van der Waals surface area contributed by atoms with Crippen molar-refractivity contribution in [3.8, 4) is 0 Å². The molecule has 3 nitrogen and oxygen atoms in total. The average molecular weight is 191 g/mol. The highest BCUT2D eigenvalue weighted by Crippen LogP contribution is 2.30. The minimum absolute atomic E-state index is 0.252. The first-order chi connectivity index (χ1) is 6.61. The molecule has 0 radical (unpaired) electrons. The van der Waals surface area contributed by atoms with Gasteiger partial charge in [-0.05, 0) is 11.8 Å². The standard InChI is InChI=1S/C11H17N3/c1-7(2)9-5-12-11-10(8(3)4)13-6-14(9)11/h5-8,10H,1-4H3. The second kappa shape index (κ2) is 3.23. The SMILES string of the molecule is CC(C)c1cnc2n1C=NC2C(C)C. The van der Waals surface area contributed by atoms with Crippen molar-refractivity contribution in [3.63, 3.8) is 0 Å². The molecule has 1 aliphatic heterocycles. The van der Waals surface area contributed by atoms with Crippen molar-refractivity contribution >= 4 is 6.34 Å². The van der Waals surface area contributed by atoms with Crippen molar-refractivity contribution in [3.05, 3.63) is 17.7 Å². The van der Waals surface area contributed by atoms with Crippen LogP contribution in [0.15, 0.2) is 11.2 Å². The molecule has 0 fully saturated rings. The van der Waals surface area contributed by atoms with E-state index >= 15 is 0 Å². The normalized spacial score (nSPS) is 19.7. The minimum atomic E-state index is 0.252. The molecular formula is C11H17N3. The molecule has 1 unspecified atom stereocenters. The van der Waals surface area contributed by atoms with Gasteiger partial charge < -0.3 is 0 Å². The van der Waals surface area contributed by atoms with E-state index in [1.54, 1.807) is 0 Å². The summed E-state index contributed by atoms with van der Waals surface area (Å²) in [5.74, 6) is 2.13. The van der Waals surface area contributed by atoms with Crippen molar-refractivity contribution in [2.75, 3.05) is 0 Å². The van der Waals surface area contributed by atoms with E-state index in [1.165, 1.54) is 5.69 Å². The van der Waals surface area contributed by atoms with Gasteiger partial charge in [-0.3, -0.25) is 9.56 Å². The Morgan fingerprint density at radius 3 is 2.57 bits per heavy atom. The number of hydrogen-bond acceptors (Lipinski definition) is 2. The Hall–Kier alpha value is -1.12. The lowest BCUT2D eigenvalue weighted by Gasteiger charge is -2.10. The molecule has 1 aliphatic rings. The van der Waals surface area contributed by atoms with Gasteiger partial charge in [0.15, 0.2) is 0 Å². The number of fused-ring (bicyclic) bond motifs is 1. The predicted molar refractivity (Wildman–Crippen MR) is 57.8 cm³/mol. The molecule has 0 aliphatic carbocycles. The summed E-state index contributed by atoms with van der Waals surface area (Å²) in [4.78, 5) is 8.94. The van der Waals surface area contributed by atoms with Gasteiger partial charge in [0.05, 0.1) is 6.34 Å². The number of nitrogens with zero attached hydrogens (tertiary/aromatic N) is 3. The van der Waals surface area contributed by atoms with Crippen LogP contribution in [0.1, 0.15) is 51.2 Å². The van der Waals surface area contributed by atoms with Crippen molar-refractivity contribution < 1.29 is 0 Å². The monoisotopic (exact) mass is 191 g/mol. The first-order valence-corrected chi connectivity index (χ1v) is 5.21. The van der Waals surface area contributed by atoms with Crippen LogP contribution in [0.5, 0.6) is 0 Å². The second-order valence-electron chi connectivity index (χ2n) is 4.52. The lowest BCUT2D eigenvalue weighted by atomic mass is 10.1. The largest absolute Gasteiger partial charge is 0.289 e. The Balaban J connectivity index is 2.40. The summed E-state index contributed by atoms with van der Waals surface area (Å²) in [5, 5.41) is 0. The number of rotatable bonds is 2. The van der Waals surface area contributed by atoms with E-state index < -0.39 is 0 Å². The molecule has 2 heterocycles. The van der Waals surface area contributed by atoms with E-state index in [4.69, 9.17) is 0 Å². The smallest absolute Gasteiger partial charge is 0.139 e. The Labute approximate surface area is 84.9 Å². The summed E-state index contributed by atoms with van der Waals surface area (Å²) < 4.78 is 2.13. The number of aromatic nitrogens is 2. The lowest BCUT2D eigenvalue weighted by molar-refractivity contribution is 0.506. The Morgan fingerprint density at radius 1 is 1.29 bits per heavy atom. The van der Waals surface area contributed by atoms with Crippen LogP contribution in [0.2, 0.25) is 0 Å². The van der Waals surface area contributed by atoms with E-state index in [1.807, 2.05) is 12.5 Å². The van der Waals surface area contributed by atoms with Gasteiger partial charge >= 0.3 is 0 Å².